The number of carbonyl (C=O) groups is 1. The second-order valence-corrected chi connectivity index (χ2v) is 22.1. The number of hydrogen-bond donors (Lipinski definition) is 8. The molecule has 0 saturated carbocycles. The first-order valence-electron chi connectivity index (χ1n) is 31.7. The molecule has 0 aliphatic carbocycles. The van der Waals surface area contributed by atoms with Crippen LogP contribution in [0.3, 0.4) is 0 Å². The van der Waals surface area contributed by atoms with Gasteiger partial charge in [-0.05, 0) is 96.3 Å². The van der Waals surface area contributed by atoms with Crippen molar-refractivity contribution < 1.29 is 50.0 Å². The van der Waals surface area contributed by atoms with Gasteiger partial charge < -0.3 is 50.5 Å². The summed E-state index contributed by atoms with van der Waals surface area (Å²) in [6.07, 6.45) is 58.6. The summed E-state index contributed by atoms with van der Waals surface area (Å²) in [6.45, 7) is 3.43. The summed E-state index contributed by atoms with van der Waals surface area (Å²) in [7, 11) is 0. The zero-order valence-corrected chi connectivity index (χ0v) is 48.7. The van der Waals surface area contributed by atoms with Gasteiger partial charge in [-0.1, -0.05) is 242 Å². The Morgan fingerprint density at radius 1 is 0.461 bits per heavy atom. The van der Waals surface area contributed by atoms with Crippen molar-refractivity contribution in [3.63, 3.8) is 0 Å². The standard InChI is InChI=1S/C65H119NO10/c1-3-5-7-9-11-13-15-17-19-21-22-23-24-25-26-27-28-29-30-31-32-33-34-35-37-39-41-43-45-47-49-51-53-58(69)64(74)66-56(55-75-65-63(73)62(72)61(71)59(54-67)76-65)60(70)57(68)52-50-48-46-44-42-40-38-36-20-18-16-14-12-10-8-6-4-2/h14,16,22-23,25-26,36,38,44,46,56-63,65,67-73H,3-13,15,17-21,24,27-35,37,39-43,45,47-55H2,1-2H3,(H,66,74)/b16-14+,23-22-,26-25-,38-36+,46-44+. The minimum absolute atomic E-state index is 0.240. The topological polar surface area (TPSA) is 189 Å². The molecule has 444 valence electrons. The van der Waals surface area contributed by atoms with Crippen LogP contribution in [-0.4, -0.2) is 110 Å². The molecule has 0 bridgehead atoms. The molecule has 1 aliphatic rings. The van der Waals surface area contributed by atoms with E-state index < -0.39 is 74.2 Å². The van der Waals surface area contributed by atoms with Gasteiger partial charge in [-0.2, -0.15) is 0 Å². The average Bonchev–Trinajstić information content (AvgIpc) is 3.42. The summed E-state index contributed by atoms with van der Waals surface area (Å²) in [5.41, 5.74) is 0. The Morgan fingerprint density at radius 3 is 1.26 bits per heavy atom. The van der Waals surface area contributed by atoms with Gasteiger partial charge in [0.05, 0.1) is 25.4 Å². The van der Waals surface area contributed by atoms with Crippen molar-refractivity contribution in [3.8, 4) is 0 Å². The summed E-state index contributed by atoms with van der Waals surface area (Å²) in [5, 5.41) is 76.2. The molecule has 1 rings (SSSR count). The number of aliphatic hydroxyl groups is 7. The Kier molecular flexibility index (Phi) is 50.5. The van der Waals surface area contributed by atoms with E-state index in [4.69, 9.17) is 9.47 Å². The number of ether oxygens (including phenoxy) is 2. The second-order valence-electron chi connectivity index (χ2n) is 22.1. The van der Waals surface area contributed by atoms with Crippen molar-refractivity contribution in [1.82, 2.24) is 5.32 Å². The molecule has 1 amide bonds. The lowest BCUT2D eigenvalue weighted by Crippen LogP contribution is -2.60. The van der Waals surface area contributed by atoms with Gasteiger partial charge in [0.1, 0.15) is 36.6 Å². The summed E-state index contributed by atoms with van der Waals surface area (Å²) in [4.78, 5) is 13.2. The minimum atomic E-state index is -1.67. The first kappa shape index (κ1) is 71.8. The molecule has 1 heterocycles. The molecular formula is C65H119NO10. The number of unbranched alkanes of at least 4 members (excludes halogenated alkanes) is 32. The van der Waals surface area contributed by atoms with Crippen LogP contribution in [0.5, 0.6) is 0 Å². The van der Waals surface area contributed by atoms with E-state index >= 15 is 0 Å². The highest BCUT2D eigenvalue weighted by Crippen LogP contribution is 2.23. The van der Waals surface area contributed by atoms with Crippen LogP contribution in [0.15, 0.2) is 60.8 Å². The summed E-state index contributed by atoms with van der Waals surface area (Å²) in [6, 6.07) is -1.20. The molecule has 0 aromatic carbocycles. The maximum Gasteiger partial charge on any atom is 0.249 e. The fraction of sp³-hybridized carbons (Fsp3) is 0.831. The van der Waals surface area contributed by atoms with Crippen molar-refractivity contribution in [2.75, 3.05) is 13.2 Å². The van der Waals surface area contributed by atoms with Crippen molar-refractivity contribution in [3.05, 3.63) is 60.8 Å². The predicted octanol–water partition coefficient (Wildman–Crippen LogP) is 14.2. The van der Waals surface area contributed by atoms with E-state index in [0.717, 1.165) is 51.4 Å². The lowest BCUT2D eigenvalue weighted by Gasteiger charge is -2.40. The van der Waals surface area contributed by atoms with Crippen molar-refractivity contribution in [1.29, 1.82) is 0 Å². The van der Waals surface area contributed by atoms with E-state index in [1.54, 1.807) is 0 Å². The molecule has 1 aliphatic heterocycles. The van der Waals surface area contributed by atoms with E-state index in [1.165, 1.54) is 180 Å². The Labute approximate surface area is 465 Å². The third kappa shape index (κ3) is 40.9. The lowest BCUT2D eigenvalue weighted by molar-refractivity contribution is -0.303. The van der Waals surface area contributed by atoms with Gasteiger partial charge >= 0.3 is 0 Å². The third-order valence-corrected chi connectivity index (χ3v) is 15.0. The quantitative estimate of drug-likeness (QED) is 0.0215. The van der Waals surface area contributed by atoms with Crippen LogP contribution in [0.2, 0.25) is 0 Å². The summed E-state index contributed by atoms with van der Waals surface area (Å²) < 4.78 is 11.1. The van der Waals surface area contributed by atoms with E-state index in [9.17, 15) is 40.5 Å². The number of rotatable bonds is 54. The van der Waals surface area contributed by atoms with Crippen LogP contribution in [0.25, 0.3) is 0 Å². The van der Waals surface area contributed by atoms with Gasteiger partial charge in [0.15, 0.2) is 6.29 Å². The minimum Gasteiger partial charge on any atom is -0.394 e. The number of aliphatic hydroxyl groups excluding tert-OH is 7. The summed E-state index contributed by atoms with van der Waals surface area (Å²) >= 11 is 0. The van der Waals surface area contributed by atoms with Gasteiger partial charge in [0, 0.05) is 0 Å². The molecule has 9 atom stereocenters. The van der Waals surface area contributed by atoms with Crippen LogP contribution >= 0.6 is 0 Å². The molecule has 0 aromatic rings. The molecule has 11 nitrogen and oxygen atoms in total. The van der Waals surface area contributed by atoms with Crippen molar-refractivity contribution in [2.45, 2.75) is 332 Å². The van der Waals surface area contributed by atoms with Crippen molar-refractivity contribution >= 4 is 5.91 Å². The van der Waals surface area contributed by atoms with Crippen molar-refractivity contribution in [2.24, 2.45) is 0 Å². The average molecular weight is 1070 g/mol. The lowest BCUT2D eigenvalue weighted by atomic mass is 9.98. The Hall–Kier alpha value is -2.19. The number of nitrogens with one attached hydrogen (secondary N) is 1. The molecule has 1 fully saturated rings. The van der Waals surface area contributed by atoms with Gasteiger partial charge in [-0.3, -0.25) is 4.79 Å². The van der Waals surface area contributed by atoms with Crippen LogP contribution in [0.4, 0.5) is 0 Å². The molecular weight excluding hydrogens is 955 g/mol. The molecule has 0 radical (unpaired) electrons. The molecule has 11 heteroatoms. The third-order valence-electron chi connectivity index (χ3n) is 15.0. The molecule has 0 spiro atoms. The molecule has 8 N–H and O–H groups in total. The fourth-order valence-electron chi connectivity index (χ4n) is 9.86. The first-order valence-corrected chi connectivity index (χ1v) is 31.7. The van der Waals surface area contributed by atoms with Crippen LogP contribution < -0.4 is 5.32 Å². The highest BCUT2D eigenvalue weighted by molar-refractivity contribution is 5.80. The number of carbonyl (C=O) groups excluding carboxylic acids is 1. The Balaban J connectivity index is 2.23. The fourth-order valence-corrected chi connectivity index (χ4v) is 9.86. The highest BCUT2D eigenvalue weighted by atomic mass is 16.7. The Bertz CT molecular complexity index is 1420. The first-order chi connectivity index (χ1) is 37.2. The van der Waals surface area contributed by atoms with Crippen LogP contribution in [0, 0.1) is 0 Å². The number of hydrogen-bond acceptors (Lipinski definition) is 10. The maximum atomic E-state index is 13.2. The van der Waals surface area contributed by atoms with Gasteiger partial charge in [0.25, 0.3) is 0 Å². The van der Waals surface area contributed by atoms with E-state index in [-0.39, 0.29) is 12.8 Å². The molecule has 76 heavy (non-hydrogen) atoms. The SMILES string of the molecule is CCCCCC/C=C/CC/C=C/CC/C=C/CCCC(O)C(O)C(COC1OC(CO)C(O)C(O)C1O)NC(=O)C(O)CCCCCCCCCCCCCCCCCC/C=C\C/C=C\CCCCCCCCCCC. The predicted molar refractivity (Wildman–Crippen MR) is 316 cm³/mol. The van der Waals surface area contributed by atoms with Crippen LogP contribution in [0.1, 0.15) is 277 Å². The van der Waals surface area contributed by atoms with E-state index in [2.05, 4.69) is 79.9 Å². The maximum absolute atomic E-state index is 13.2. The largest absolute Gasteiger partial charge is 0.394 e. The van der Waals surface area contributed by atoms with Gasteiger partial charge in [-0.25, -0.2) is 0 Å². The number of amides is 1. The monoisotopic (exact) mass is 1070 g/mol. The molecule has 0 aromatic heterocycles. The summed E-state index contributed by atoms with van der Waals surface area (Å²) in [5.74, 6) is -0.712. The highest BCUT2D eigenvalue weighted by Gasteiger charge is 2.44. The van der Waals surface area contributed by atoms with Crippen LogP contribution in [-0.2, 0) is 14.3 Å². The number of allylic oxidation sites excluding steroid dienone is 10. The molecule has 9 unspecified atom stereocenters. The zero-order valence-electron chi connectivity index (χ0n) is 48.7. The van der Waals surface area contributed by atoms with E-state index in [0.29, 0.717) is 19.3 Å². The van der Waals surface area contributed by atoms with E-state index in [1.807, 2.05) is 0 Å². The second kappa shape index (κ2) is 53.5. The molecule has 1 saturated heterocycles. The smallest absolute Gasteiger partial charge is 0.249 e. The van der Waals surface area contributed by atoms with Gasteiger partial charge in [0.2, 0.25) is 5.91 Å². The van der Waals surface area contributed by atoms with Gasteiger partial charge in [-0.15, -0.1) is 0 Å². The normalized spacial score (nSPS) is 20.0. The zero-order chi connectivity index (χ0) is 55.4. The Morgan fingerprint density at radius 2 is 0.829 bits per heavy atom.